The number of nitrogens with one attached hydrogen (secondary N) is 1. The minimum atomic E-state index is -0.0772. The smallest absolute Gasteiger partial charge is 0.321 e. The summed E-state index contributed by atoms with van der Waals surface area (Å²) in [4.78, 5) is 17.4. The van der Waals surface area contributed by atoms with E-state index in [2.05, 4.69) is 40.6 Å². The highest BCUT2D eigenvalue weighted by Crippen LogP contribution is 2.42. The Kier molecular flexibility index (Phi) is 7.12. The van der Waals surface area contributed by atoms with Crippen LogP contribution in [0.15, 0.2) is 54.6 Å². The van der Waals surface area contributed by atoms with E-state index in [-0.39, 0.29) is 30.6 Å². The summed E-state index contributed by atoms with van der Waals surface area (Å²) in [6.07, 6.45) is 6.10. The van der Waals surface area contributed by atoms with Gasteiger partial charge in [0, 0.05) is 36.8 Å². The molecule has 2 aromatic carbocycles. The number of amides is 2. The fraction of sp³-hybridized carbons (Fsp3) is 0.423. The van der Waals surface area contributed by atoms with Gasteiger partial charge in [-0.25, -0.2) is 4.79 Å². The molecule has 2 aliphatic heterocycles. The largest absolute Gasteiger partial charge is 0.497 e. The molecule has 2 amide bonds. The first kappa shape index (κ1) is 22.4. The second-order valence-electron chi connectivity index (χ2n) is 8.56. The summed E-state index contributed by atoms with van der Waals surface area (Å²) >= 11 is 0. The van der Waals surface area contributed by atoms with Crippen LogP contribution in [0.2, 0.25) is 0 Å². The molecule has 2 N–H and O–H groups in total. The lowest BCUT2D eigenvalue weighted by Gasteiger charge is -2.57. The van der Waals surface area contributed by atoms with Gasteiger partial charge in [0.1, 0.15) is 5.75 Å². The van der Waals surface area contributed by atoms with Gasteiger partial charge in [0.2, 0.25) is 0 Å². The van der Waals surface area contributed by atoms with Crippen molar-refractivity contribution in [1.29, 1.82) is 0 Å². The summed E-state index contributed by atoms with van der Waals surface area (Å²) in [5.74, 6) is 0.978. The van der Waals surface area contributed by atoms with Gasteiger partial charge in [0.05, 0.1) is 13.7 Å². The number of rotatable bonds is 5. The van der Waals surface area contributed by atoms with Gasteiger partial charge < -0.3 is 20.1 Å². The second kappa shape index (κ2) is 10.2. The minimum absolute atomic E-state index is 0.0772. The molecular formula is C26H33N3O3. The van der Waals surface area contributed by atoms with Crippen LogP contribution in [0.25, 0.3) is 6.08 Å². The summed E-state index contributed by atoms with van der Waals surface area (Å²) in [6, 6.07) is 16.2. The normalized spacial score (nSPS) is 23.7. The van der Waals surface area contributed by atoms with Gasteiger partial charge in [0.15, 0.2) is 0 Å². The molecule has 0 spiro atoms. The van der Waals surface area contributed by atoms with E-state index < -0.39 is 0 Å². The molecule has 2 saturated heterocycles. The number of anilines is 1. The fourth-order valence-electron chi connectivity index (χ4n) is 5.02. The van der Waals surface area contributed by atoms with Crippen molar-refractivity contribution in [2.45, 2.75) is 37.8 Å². The van der Waals surface area contributed by atoms with Crippen molar-refractivity contribution in [3.05, 3.63) is 65.7 Å². The van der Waals surface area contributed by atoms with Crippen LogP contribution >= 0.6 is 0 Å². The van der Waals surface area contributed by atoms with Crippen LogP contribution in [0.3, 0.4) is 0 Å². The zero-order valence-electron chi connectivity index (χ0n) is 18.9. The predicted octanol–water partition coefficient (Wildman–Crippen LogP) is 4.18. The van der Waals surface area contributed by atoms with Crippen molar-refractivity contribution in [3.63, 3.8) is 0 Å². The van der Waals surface area contributed by atoms with Crippen molar-refractivity contribution in [2.24, 2.45) is 0 Å². The Bertz CT molecular complexity index is 926. The Morgan fingerprint density at radius 3 is 2.50 bits per heavy atom. The van der Waals surface area contributed by atoms with E-state index >= 15 is 0 Å². The van der Waals surface area contributed by atoms with Crippen LogP contribution in [0.5, 0.6) is 5.75 Å². The van der Waals surface area contributed by atoms with Crippen molar-refractivity contribution < 1.29 is 14.6 Å². The maximum Gasteiger partial charge on any atom is 0.321 e. The summed E-state index contributed by atoms with van der Waals surface area (Å²) in [6.45, 7) is 4.51. The number of hydrogen-bond donors (Lipinski definition) is 2. The Morgan fingerprint density at radius 1 is 1.12 bits per heavy atom. The molecule has 0 bridgehead atoms. The number of aliphatic hydroxyl groups excluding tert-OH is 1. The van der Waals surface area contributed by atoms with E-state index in [1.165, 1.54) is 11.1 Å². The van der Waals surface area contributed by atoms with Gasteiger partial charge in [-0.1, -0.05) is 36.4 Å². The van der Waals surface area contributed by atoms with Crippen LogP contribution in [0, 0.1) is 0 Å². The Hall–Kier alpha value is -2.83. The molecule has 0 saturated carbocycles. The number of benzene rings is 2. The number of allylic oxidation sites excluding steroid dienone is 1. The maximum absolute atomic E-state index is 13.1. The zero-order valence-corrected chi connectivity index (χ0v) is 18.9. The molecule has 0 aromatic heterocycles. The van der Waals surface area contributed by atoms with Gasteiger partial charge in [-0.3, -0.25) is 4.90 Å². The van der Waals surface area contributed by atoms with Gasteiger partial charge in [-0.05, 0) is 61.7 Å². The average Bonchev–Trinajstić information content (AvgIpc) is 2.79. The van der Waals surface area contributed by atoms with Gasteiger partial charge >= 0.3 is 6.03 Å². The molecule has 32 heavy (non-hydrogen) atoms. The Balaban J connectivity index is 1.50. The third-order valence-electron chi connectivity index (χ3n) is 6.68. The van der Waals surface area contributed by atoms with Gasteiger partial charge in [-0.2, -0.15) is 0 Å². The zero-order chi connectivity index (χ0) is 22.5. The number of urea groups is 1. The number of aliphatic hydroxyl groups is 1. The first-order valence-corrected chi connectivity index (χ1v) is 11.4. The molecule has 0 radical (unpaired) electrons. The number of ether oxygens (including phenoxy) is 1. The van der Waals surface area contributed by atoms with E-state index in [0.29, 0.717) is 6.54 Å². The molecule has 4 rings (SSSR count). The maximum atomic E-state index is 13.1. The van der Waals surface area contributed by atoms with Crippen molar-refractivity contribution in [1.82, 2.24) is 9.80 Å². The molecular weight excluding hydrogens is 402 g/mol. The molecule has 6 nitrogen and oxygen atoms in total. The predicted molar refractivity (Wildman–Crippen MR) is 128 cm³/mol. The highest BCUT2D eigenvalue weighted by Gasteiger charge is 2.49. The molecule has 170 valence electrons. The Labute approximate surface area is 190 Å². The van der Waals surface area contributed by atoms with Gasteiger partial charge in [-0.15, -0.1) is 0 Å². The molecule has 2 heterocycles. The van der Waals surface area contributed by atoms with E-state index in [0.717, 1.165) is 37.4 Å². The molecule has 2 fully saturated rings. The average molecular weight is 436 g/mol. The molecule has 2 aliphatic rings. The van der Waals surface area contributed by atoms with Crippen molar-refractivity contribution >= 4 is 17.8 Å². The number of hydrogen-bond acceptors (Lipinski definition) is 4. The summed E-state index contributed by atoms with van der Waals surface area (Å²) < 4.78 is 5.20. The third-order valence-corrected chi connectivity index (χ3v) is 6.68. The van der Waals surface area contributed by atoms with E-state index in [1.54, 1.807) is 7.11 Å². The third kappa shape index (κ3) is 4.66. The molecule has 2 aromatic rings. The summed E-state index contributed by atoms with van der Waals surface area (Å²) in [7, 11) is 1.63. The molecule has 0 aliphatic carbocycles. The van der Waals surface area contributed by atoms with Crippen LogP contribution in [0.4, 0.5) is 10.5 Å². The lowest BCUT2D eigenvalue weighted by molar-refractivity contribution is -0.0585. The van der Waals surface area contributed by atoms with Crippen molar-refractivity contribution in [2.75, 3.05) is 38.7 Å². The first-order chi connectivity index (χ1) is 15.6. The monoisotopic (exact) mass is 435 g/mol. The van der Waals surface area contributed by atoms with E-state index in [4.69, 9.17) is 4.74 Å². The minimum Gasteiger partial charge on any atom is -0.497 e. The molecule has 0 unspecified atom stereocenters. The molecule has 3 atom stereocenters. The topological polar surface area (TPSA) is 65.0 Å². The number of nitrogens with zero attached hydrogens (tertiary/aromatic N) is 2. The summed E-state index contributed by atoms with van der Waals surface area (Å²) in [5, 5.41) is 13.1. The lowest BCUT2D eigenvalue weighted by atomic mass is 9.74. The van der Waals surface area contributed by atoms with E-state index in [9.17, 15) is 9.90 Å². The van der Waals surface area contributed by atoms with E-state index in [1.807, 2.05) is 42.2 Å². The van der Waals surface area contributed by atoms with Crippen LogP contribution in [0.1, 0.15) is 36.8 Å². The number of carbonyl (C=O) groups excluding carboxylic acids is 1. The lowest BCUT2D eigenvalue weighted by Crippen LogP contribution is -2.68. The first-order valence-electron chi connectivity index (χ1n) is 11.4. The second-order valence-corrected chi connectivity index (χ2v) is 8.56. The van der Waals surface area contributed by atoms with Crippen molar-refractivity contribution in [3.8, 4) is 5.75 Å². The SMILES string of the molecule is CC=Cc1ccc([C@H]2[C@H](CO)N3CCCCN(C(=O)Nc4ccc(OC)cc4)C[C@@H]23)cc1. The quantitative estimate of drug-likeness (QED) is 0.739. The number of fused-ring (bicyclic) bond motifs is 1. The van der Waals surface area contributed by atoms with Crippen LogP contribution in [-0.4, -0.2) is 66.4 Å². The fourth-order valence-corrected chi connectivity index (χ4v) is 5.02. The summed E-state index contributed by atoms with van der Waals surface area (Å²) in [5.41, 5.74) is 3.16. The van der Waals surface area contributed by atoms with Crippen LogP contribution < -0.4 is 10.1 Å². The Morgan fingerprint density at radius 2 is 1.84 bits per heavy atom. The van der Waals surface area contributed by atoms with Gasteiger partial charge in [0.25, 0.3) is 0 Å². The number of methoxy groups -OCH3 is 1. The highest BCUT2D eigenvalue weighted by atomic mass is 16.5. The number of carbonyl (C=O) groups is 1. The standard InChI is InChI=1S/C26H33N3O3/c1-3-6-19-7-9-20(10-8-19)25-23-17-28(15-4-5-16-29(23)24(25)18-30)26(31)27-21-11-13-22(32-2)14-12-21/h3,6-14,23-25,30H,4-5,15-18H2,1-2H3,(H,27,31)/t23-,24-,25+/m0/s1. The molecule has 6 heteroatoms. The van der Waals surface area contributed by atoms with Crippen LogP contribution in [-0.2, 0) is 0 Å². The highest BCUT2D eigenvalue weighted by molar-refractivity contribution is 5.89.